The molecule has 0 unspecified atom stereocenters. The van der Waals surface area contributed by atoms with Gasteiger partial charge < -0.3 is 20.1 Å². The van der Waals surface area contributed by atoms with Gasteiger partial charge in [0, 0.05) is 32.7 Å². The summed E-state index contributed by atoms with van der Waals surface area (Å²) in [6.45, 7) is 4.52. The lowest BCUT2D eigenvalue weighted by Crippen LogP contribution is -2.32. The number of rotatable bonds is 12. The zero-order chi connectivity index (χ0) is 19.5. The molecule has 2 N–H and O–H groups in total. The Morgan fingerprint density at radius 2 is 1.67 bits per heavy atom. The minimum absolute atomic E-state index is 0.291. The van der Waals surface area contributed by atoms with E-state index in [9.17, 15) is 5.11 Å². The summed E-state index contributed by atoms with van der Waals surface area (Å²) in [6, 6.07) is 18.3. The molecular formula is C22H33N3O2. The molecule has 0 saturated heterocycles. The first-order valence-electron chi connectivity index (χ1n) is 9.50. The van der Waals surface area contributed by atoms with E-state index in [0.29, 0.717) is 13.2 Å². The van der Waals surface area contributed by atoms with Crippen molar-refractivity contribution in [2.45, 2.75) is 19.2 Å². The molecule has 0 aromatic heterocycles. The molecule has 0 saturated carbocycles. The van der Waals surface area contributed by atoms with Gasteiger partial charge in [0.15, 0.2) is 0 Å². The van der Waals surface area contributed by atoms with Crippen LogP contribution in [0.1, 0.15) is 11.1 Å². The number of nitrogens with one attached hydrogen (secondary N) is 1. The zero-order valence-corrected chi connectivity index (χ0v) is 16.8. The van der Waals surface area contributed by atoms with Gasteiger partial charge >= 0.3 is 0 Å². The first-order chi connectivity index (χ1) is 13.0. The minimum atomic E-state index is -0.522. The van der Waals surface area contributed by atoms with Crippen molar-refractivity contribution in [3.63, 3.8) is 0 Å². The predicted octanol–water partition coefficient (Wildman–Crippen LogP) is 2.21. The Labute approximate surface area is 163 Å². The third-order valence-electron chi connectivity index (χ3n) is 4.25. The molecule has 0 aliphatic heterocycles. The zero-order valence-electron chi connectivity index (χ0n) is 16.8. The molecule has 1 atom stereocenters. The SMILES string of the molecule is CN(C)CCNCc1ccc(OC[C@@H](O)CN(C)Cc2ccccc2)cc1. The van der Waals surface area contributed by atoms with Crippen molar-refractivity contribution in [3.8, 4) is 5.75 Å². The van der Waals surface area contributed by atoms with Gasteiger partial charge in [-0.1, -0.05) is 42.5 Å². The molecule has 27 heavy (non-hydrogen) atoms. The summed E-state index contributed by atoms with van der Waals surface area (Å²) < 4.78 is 5.73. The van der Waals surface area contributed by atoms with E-state index in [-0.39, 0.29) is 0 Å². The quantitative estimate of drug-likeness (QED) is 0.560. The second-order valence-corrected chi connectivity index (χ2v) is 7.27. The maximum absolute atomic E-state index is 10.2. The van der Waals surface area contributed by atoms with Crippen molar-refractivity contribution in [1.82, 2.24) is 15.1 Å². The fourth-order valence-electron chi connectivity index (χ4n) is 2.80. The molecule has 148 valence electrons. The average Bonchev–Trinajstić information content (AvgIpc) is 2.65. The molecule has 5 nitrogen and oxygen atoms in total. The Balaban J connectivity index is 1.66. The minimum Gasteiger partial charge on any atom is -0.491 e. The first-order valence-corrected chi connectivity index (χ1v) is 9.50. The Kier molecular flexibility index (Phi) is 9.28. The van der Waals surface area contributed by atoms with Gasteiger partial charge in [0.25, 0.3) is 0 Å². The van der Waals surface area contributed by atoms with Gasteiger partial charge in [-0.3, -0.25) is 4.90 Å². The topological polar surface area (TPSA) is 48.0 Å². The van der Waals surface area contributed by atoms with Crippen LogP contribution in [0.2, 0.25) is 0 Å². The Bertz CT molecular complexity index is 632. The summed E-state index contributed by atoms with van der Waals surface area (Å²) >= 11 is 0. The van der Waals surface area contributed by atoms with Crippen LogP contribution in [0.5, 0.6) is 5.75 Å². The fourth-order valence-corrected chi connectivity index (χ4v) is 2.80. The summed E-state index contributed by atoms with van der Waals surface area (Å²) in [4.78, 5) is 4.26. The molecule has 0 aliphatic carbocycles. The number of hydrogen-bond acceptors (Lipinski definition) is 5. The van der Waals surface area contributed by atoms with E-state index in [1.54, 1.807) is 0 Å². The number of ether oxygens (including phenoxy) is 1. The average molecular weight is 372 g/mol. The van der Waals surface area contributed by atoms with Crippen LogP contribution in [0.25, 0.3) is 0 Å². The predicted molar refractivity (Wildman–Crippen MR) is 111 cm³/mol. The largest absolute Gasteiger partial charge is 0.491 e. The molecule has 0 aliphatic rings. The molecule has 2 aromatic carbocycles. The number of aliphatic hydroxyl groups excluding tert-OH is 1. The van der Waals surface area contributed by atoms with Crippen molar-refractivity contribution in [3.05, 3.63) is 65.7 Å². The molecular weight excluding hydrogens is 338 g/mol. The van der Waals surface area contributed by atoms with Crippen molar-refractivity contribution in [2.24, 2.45) is 0 Å². The number of hydrogen-bond donors (Lipinski definition) is 2. The summed E-state index contributed by atoms with van der Waals surface area (Å²) in [5.41, 5.74) is 2.46. The van der Waals surface area contributed by atoms with Gasteiger partial charge in [0.2, 0.25) is 0 Å². The van der Waals surface area contributed by atoms with Gasteiger partial charge in [0.05, 0.1) is 0 Å². The van der Waals surface area contributed by atoms with E-state index in [1.165, 1.54) is 11.1 Å². The molecule has 0 radical (unpaired) electrons. The van der Waals surface area contributed by atoms with Crippen LogP contribution in [-0.2, 0) is 13.1 Å². The summed E-state index contributed by atoms with van der Waals surface area (Å²) in [5, 5.41) is 13.6. The standard InChI is InChI=1S/C22H33N3O2/c1-24(2)14-13-23-15-19-9-11-22(12-10-19)27-18-21(26)17-25(3)16-20-7-5-4-6-8-20/h4-12,21,23,26H,13-18H2,1-3H3/t21-/m0/s1. The van der Waals surface area contributed by atoms with E-state index < -0.39 is 6.10 Å². The molecule has 0 amide bonds. The number of nitrogens with zero attached hydrogens (tertiary/aromatic N) is 2. The van der Waals surface area contributed by atoms with Crippen LogP contribution in [0, 0.1) is 0 Å². The number of likely N-dealkylation sites (N-methyl/N-ethyl adjacent to an activating group) is 2. The summed E-state index contributed by atoms with van der Waals surface area (Å²) in [5.74, 6) is 0.789. The number of aliphatic hydroxyl groups is 1. The fraction of sp³-hybridized carbons (Fsp3) is 0.455. The normalized spacial score (nSPS) is 12.5. The van der Waals surface area contributed by atoms with E-state index in [4.69, 9.17) is 4.74 Å². The van der Waals surface area contributed by atoms with E-state index in [1.807, 2.05) is 37.4 Å². The van der Waals surface area contributed by atoms with Gasteiger partial charge in [0.1, 0.15) is 18.5 Å². The summed E-state index contributed by atoms with van der Waals surface area (Å²) in [6.07, 6.45) is -0.522. The van der Waals surface area contributed by atoms with Crippen LogP contribution in [-0.4, -0.2) is 68.4 Å². The van der Waals surface area contributed by atoms with Crippen molar-refractivity contribution < 1.29 is 9.84 Å². The lowest BCUT2D eigenvalue weighted by atomic mass is 10.2. The second kappa shape index (κ2) is 11.7. The lowest BCUT2D eigenvalue weighted by molar-refractivity contribution is 0.0744. The highest BCUT2D eigenvalue weighted by molar-refractivity contribution is 5.27. The number of benzene rings is 2. The van der Waals surface area contributed by atoms with Gasteiger partial charge in [-0.05, 0) is 44.4 Å². The molecule has 2 rings (SSSR count). The maximum atomic E-state index is 10.2. The maximum Gasteiger partial charge on any atom is 0.119 e. The Hall–Kier alpha value is -1.92. The van der Waals surface area contributed by atoms with Gasteiger partial charge in [-0.15, -0.1) is 0 Å². The summed E-state index contributed by atoms with van der Waals surface area (Å²) in [7, 11) is 6.15. The van der Waals surface area contributed by atoms with Gasteiger partial charge in [-0.2, -0.15) is 0 Å². The molecule has 0 fully saturated rings. The third-order valence-corrected chi connectivity index (χ3v) is 4.25. The van der Waals surface area contributed by atoms with Crippen LogP contribution in [0.15, 0.2) is 54.6 Å². The molecule has 0 spiro atoms. The second-order valence-electron chi connectivity index (χ2n) is 7.27. The first kappa shape index (κ1) is 21.4. The third kappa shape index (κ3) is 9.02. The highest BCUT2D eigenvalue weighted by atomic mass is 16.5. The molecule has 5 heteroatoms. The Morgan fingerprint density at radius 1 is 0.963 bits per heavy atom. The smallest absolute Gasteiger partial charge is 0.119 e. The van der Waals surface area contributed by atoms with Crippen molar-refractivity contribution in [2.75, 3.05) is 47.4 Å². The Morgan fingerprint density at radius 3 is 2.33 bits per heavy atom. The lowest BCUT2D eigenvalue weighted by Gasteiger charge is -2.21. The van der Waals surface area contributed by atoms with Crippen LogP contribution >= 0.6 is 0 Å². The van der Waals surface area contributed by atoms with E-state index >= 15 is 0 Å². The van der Waals surface area contributed by atoms with Crippen LogP contribution in [0.3, 0.4) is 0 Å². The monoisotopic (exact) mass is 371 g/mol. The highest BCUT2D eigenvalue weighted by Gasteiger charge is 2.10. The van der Waals surface area contributed by atoms with E-state index in [0.717, 1.165) is 31.9 Å². The molecule has 0 bridgehead atoms. The van der Waals surface area contributed by atoms with Gasteiger partial charge in [-0.25, -0.2) is 0 Å². The van der Waals surface area contributed by atoms with E-state index in [2.05, 4.69) is 53.5 Å². The molecule has 2 aromatic rings. The van der Waals surface area contributed by atoms with Crippen LogP contribution < -0.4 is 10.1 Å². The van der Waals surface area contributed by atoms with Crippen molar-refractivity contribution >= 4 is 0 Å². The van der Waals surface area contributed by atoms with Crippen molar-refractivity contribution in [1.29, 1.82) is 0 Å². The highest BCUT2D eigenvalue weighted by Crippen LogP contribution is 2.13. The molecule has 0 heterocycles. The van der Waals surface area contributed by atoms with Crippen LogP contribution in [0.4, 0.5) is 0 Å².